The molecule has 3 rings (SSSR count). The molecule has 0 saturated carbocycles. The van der Waals surface area contributed by atoms with E-state index in [0.29, 0.717) is 22.5 Å². The van der Waals surface area contributed by atoms with E-state index in [1.54, 1.807) is 26.4 Å². The molecule has 0 spiro atoms. The Hall–Kier alpha value is -2.49. The van der Waals surface area contributed by atoms with Crippen LogP contribution >= 0.6 is 0 Å². The number of hydrogen-bond acceptors (Lipinski definition) is 4. The number of methoxy groups -OCH3 is 2. The summed E-state index contributed by atoms with van der Waals surface area (Å²) in [5.41, 5.74) is 0.136. The van der Waals surface area contributed by atoms with Gasteiger partial charge in [0.15, 0.2) is 11.5 Å². The van der Waals surface area contributed by atoms with E-state index >= 15 is 0 Å². The second-order valence-electron chi connectivity index (χ2n) is 4.14. The molecular weight excluding hydrogens is 244 g/mol. The molecule has 0 aliphatic carbocycles. The Morgan fingerprint density at radius 3 is 2.21 bits per heavy atom. The summed E-state index contributed by atoms with van der Waals surface area (Å²) in [7, 11) is 3.12. The molecule has 4 nitrogen and oxygen atoms in total. The summed E-state index contributed by atoms with van der Waals surface area (Å²) in [5.74, 6) is 1.14. The third kappa shape index (κ3) is 1.73. The Labute approximate surface area is 109 Å². The minimum Gasteiger partial charge on any atom is -0.493 e. The smallest absolute Gasteiger partial charge is 0.344 e. The van der Waals surface area contributed by atoms with Crippen LogP contribution in [0.1, 0.15) is 0 Å². The average Bonchev–Trinajstić information content (AvgIpc) is 2.46. The predicted molar refractivity (Wildman–Crippen MR) is 73.1 cm³/mol. The van der Waals surface area contributed by atoms with Crippen LogP contribution in [0.25, 0.3) is 21.7 Å². The second-order valence-corrected chi connectivity index (χ2v) is 4.14. The lowest BCUT2D eigenvalue weighted by Gasteiger charge is -2.09. The Morgan fingerprint density at radius 1 is 0.895 bits per heavy atom. The van der Waals surface area contributed by atoms with E-state index in [2.05, 4.69) is 0 Å². The summed E-state index contributed by atoms with van der Waals surface area (Å²) in [6.45, 7) is 0. The van der Waals surface area contributed by atoms with Crippen molar-refractivity contribution in [3.8, 4) is 11.5 Å². The van der Waals surface area contributed by atoms with E-state index in [9.17, 15) is 4.79 Å². The molecule has 0 radical (unpaired) electrons. The molecule has 96 valence electrons. The first kappa shape index (κ1) is 11.6. The normalized spacial score (nSPS) is 10.8. The van der Waals surface area contributed by atoms with Crippen LogP contribution in [0, 0.1) is 0 Å². The first-order valence-corrected chi connectivity index (χ1v) is 5.82. The first-order chi connectivity index (χ1) is 9.24. The molecule has 19 heavy (non-hydrogen) atoms. The van der Waals surface area contributed by atoms with Crippen LogP contribution in [0.4, 0.5) is 0 Å². The molecule has 0 bridgehead atoms. The van der Waals surface area contributed by atoms with Crippen molar-refractivity contribution in [1.29, 1.82) is 0 Å². The van der Waals surface area contributed by atoms with Gasteiger partial charge in [-0.25, -0.2) is 4.79 Å². The zero-order valence-electron chi connectivity index (χ0n) is 10.6. The first-order valence-electron chi connectivity index (χ1n) is 5.82. The lowest BCUT2D eigenvalue weighted by Crippen LogP contribution is -2.00. The van der Waals surface area contributed by atoms with E-state index in [1.165, 1.54) is 0 Å². The quantitative estimate of drug-likeness (QED) is 0.522. The van der Waals surface area contributed by atoms with E-state index in [1.807, 2.05) is 24.3 Å². The van der Waals surface area contributed by atoms with Gasteiger partial charge in [0.2, 0.25) is 0 Å². The van der Waals surface area contributed by atoms with Crippen LogP contribution in [-0.4, -0.2) is 14.2 Å². The SMILES string of the molecule is COc1cc2oc(=O)c3ccccc3c2cc1OC. The van der Waals surface area contributed by atoms with Gasteiger partial charge in [0, 0.05) is 16.8 Å². The van der Waals surface area contributed by atoms with Gasteiger partial charge in [-0.3, -0.25) is 0 Å². The monoisotopic (exact) mass is 256 g/mol. The maximum absolute atomic E-state index is 11.9. The summed E-state index contributed by atoms with van der Waals surface area (Å²) in [6, 6.07) is 10.8. The lowest BCUT2D eigenvalue weighted by atomic mass is 10.1. The van der Waals surface area contributed by atoms with Crippen LogP contribution in [0.5, 0.6) is 11.5 Å². The van der Waals surface area contributed by atoms with Crippen molar-refractivity contribution < 1.29 is 13.9 Å². The van der Waals surface area contributed by atoms with E-state index in [0.717, 1.165) is 10.8 Å². The van der Waals surface area contributed by atoms with Crippen LogP contribution in [0.3, 0.4) is 0 Å². The summed E-state index contributed by atoms with van der Waals surface area (Å²) in [4.78, 5) is 11.9. The maximum Gasteiger partial charge on any atom is 0.344 e. The molecule has 4 heteroatoms. The van der Waals surface area contributed by atoms with Gasteiger partial charge in [-0.05, 0) is 12.1 Å². The van der Waals surface area contributed by atoms with Crippen molar-refractivity contribution in [2.24, 2.45) is 0 Å². The van der Waals surface area contributed by atoms with Gasteiger partial charge >= 0.3 is 5.63 Å². The van der Waals surface area contributed by atoms with Crippen molar-refractivity contribution >= 4 is 21.7 Å². The number of benzene rings is 2. The fourth-order valence-corrected chi connectivity index (χ4v) is 2.21. The third-order valence-corrected chi connectivity index (χ3v) is 3.13. The molecular formula is C15H12O4. The van der Waals surface area contributed by atoms with Crippen molar-refractivity contribution in [2.45, 2.75) is 0 Å². The Balaban J connectivity index is 2.51. The van der Waals surface area contributed by atoms with E-state index in [-0.39, 0.29) is 5.63 Å². The Kier molecular flexibility index (Phi) is 2.63. The Morgan fingerprint density at radius 2 is 1.53 bits per heavy atom. The molecule has 3 aromatic rings. The molecule has 2 aromatic carbocycles. The number of rotatable bonds is 2. The summed E-state index contributed by atoms with van der Waals surface area (Å²) < 4.78 is 15.8. The standard InChI is InChI=1S/C15H12O4/c1-17-13-7-11-9-5-3-4-6-10(9)15(16)19-12(11)8-14(13)18-2/h3-8H,1-2H3. The highest BCUT2D eigenvalue weighted by atomic mass is 16.5. The second kappa shape index (κ2) is 4.31. The molecule has 0 saturated heterocycles. The van der Waals surface area contributed by atoms with Gasteiger partial charge in [-0.2, -0.15) is 0 Å². The number of hydrogen-bond donors (Lipinski definition) is 0. The molecule has 0 N–H and O–H groups in total. The predicted octanol–water partition coefficient (Wildman–Crippen LogP) is 2.96. The maximum atomic E-state index is 11.9. The zero-order chi connectivity index (χ0) is 13.4. The van der Waals surface area contributed by atoms with Crippen molar-refractivity contribution in [2.75, 3.05) is 14.2 Å². The van der Waals surface area contributed by atoms with E-state index in [4.69, 9.17) is 13.9 Å². The number of ether oxygens (including phenoxy) is 2. The zero-order valence-corrected chi connectivity index (χ0v) is 10.6. The molecule has 0 aliphatic heterocycles. The molecule has 1 aromatic heterocycles. The van der Waals surface area contributed by atoms with Gasteiger partial charge in [0.05, 0.1) is 19.6 Å². The van der Waals surface area contributed by atoms with Crippen molar-refractivity contribution in [3.63, 3.8) is 0 Å². The molecule has 0 aliphatic rings. The highest BCUT2D eigenvalue weighted by Gasteiger charge is 2.12. The molecule has 0 fully saturated rings. The highest BCUT2D eigenvalue weighted by Crippen LogP contribution is 2.34. The highest BCUT2D eigenvalue weighted by molar-refractivity contribution is 6.05. The van der Waals surface area contributed by atoms with Crippen LogP contribution in [-0.2, 0) is 0 Å². The fourth-order valence-electron chi connectivity index (χ4n) is 2.21. The average molecular weight is 256 g/mol. The fraction of sp³-hybridized carbons (Fsp3) is 0.133. The summed E-state index contributed by atoms with van der Waals surface area (Å²) in [6.07, 6.45) is 0. The molecule has 0 unspecified atom stereocenters. The van der Waals surface area contributed by atoms with Gasteiger partial charge in [0.25, 0.3) is 0 Å². The lowest BCUT2D eigenvalue weighted by molar-refractivity contribution is 0.355. The van der Waals surface area contributed by atoms with E-state index < -0.39 is 0 Å². The van der Waals surface area contributed by atoms with Gasteiger partial charge in [0.1, 0.15) is 5.58 Å². The Bertz CT molecular complexity index is 817. The summed E-state index contributed by atoms with van der Waals surface area (Å²) in [5, 5.41) is 2.23. The minimum absolute atomic E-state index is 0.352. The largest absolute Gasteiger partial charge is 0.493 e. The molecule has 0 amide bonds. The molecule has 0 atom stereocenters. The topological polar surface area (TPSA) is 48.7 Å². The van der Waals surface area contributed by atoms with Gasteiger partial charge < -0.3 is 13.9 Å². The third-order valence-electron chi connectivity index (χ3n) is 3.13. The van der Waals surface area contributed by atoms with Crippen LogP contribution < -0.4 is 15.1 Å². The molecule has 1 heterocycles. The summed E-state index contributed by atoms with van der Waals surface area (Å²) >= 11 is 0. The van der Waals surface area contributed by atoms with Gasteiger partial charge in [-0.1, -0.05) is 18.2 Å². The van der Waals surface area contributed by atoms with Crippen molar-refractivity contribution in [1.82, 2.24) is 0 Å². The van der Waals surface area contributed by atoms with Crippen LogP contribution in [0.2, 0.25) is 0 Å². The van der Waals surface area contributed by atoms with Gasteiger partial charge in [-0.15, -0.1) is 0 Å². The number of fused-ring (bicyclic) bond motifs is 3. The van der Waals surface area contributed by atoms with Crippen molar-refractivity contribution in [3.05, 3.63) is 46.8 Å². The minimum atomic E-state index is -0.352. The van der Waals surface area contributed by atoms with Crippen LogP contribution in [0.15, 0.2) is 45.6 Å².